The first-order chi connectivity index (χ1) is 10.5. The number of rotatable bonds is 5. The first-order valence-corrected chi connectivity index (χ1v) is 6.22. The van der Waals surface area contributed by atoms with Gasteiger partial charge in [0, 0.05) is 12.1 Å². The fourth-order valence-corrected chi connectivity index (χ4v) is 1.71. The van der Waals surface area contributed by atoms with Crippen molar-refractivity contribution >= 4 is 5.91 Å². The van der Waals surface area contributed by atoms with Gasteiger partial charge in [-0.25, -0.2) is 8.78 Å². The van der Waals surface area contributed by atoms with Crippen molar-refractivity contribution in [3.05, 3.63) is 65.2 Å². The Bertz CT molecular complexity index is 659. The van der Waals surface area contributed by atoms with Gasteiger partial charge in [-0.1, -0.05) is 12.1 Å². The van der Waals surface area contributed by atoms with Crippen molar-refractivity contribution in [2.75, 3.05) is 0 Å². The first-order valence-electron chi connectivity index (χ1n) is 6.22. The Balaban J connectivity index is 1.94. The molecule has 0 saturated heterocycles. The highest BCUT2D eigenvalue weighted by Crippen LogP contribution is 2.15. The third kappa shape index (κ3) is 4.21. The van der Waals surface area contributed by atoms with Crippen LogP contribution in [0.15, 0.2) is 42.5 Å². The van der Waals surface area contributed by atoms with Crippen LogP contribution in [0.3, 0.4) is 0 Å². The molecule has 2 rings (SSSR count). The van der Waals surface area contributed by atoms with Gasteiger partial charge in [0.05, 0.1) is 0 Å². The molecule has 2 aromatic carbocycles. The molecule has 2 aromatic rings. The Morgan fingerprint density at radius 3 is 2.32 bits per heavy atom. The van der Waals surface area contributed by atoms with Crippen LogP contribution in [-0.4, -0.2) is 12.5 Å². The molecule has 0 unspecified atom stereocenters. The van der Waals surface area contributed by atoms with Crippen molar-refractivity contribution in [1.82, 2.24) is 5.32 Å². The standard InChI is InChI=1S/C15H11F4NO2/c16-12-6-3-10(7-13(12)17)14(21)20-8-9-1-4-11(5-2-9)22-15(18)19/h1-7,15H,8H2,(H,20,21). The lowest BCUT2D eigenvalue weighted by Crippen LogP contribution is -2.23. The quantitative estimate of drug-likeness (QED) is 0.858. The molecule has 0 aliphatic heterocycles. The average molecular weight is 313 g/mol. The summed E-state index contributed by atoms with van der Waals surface area (Å²) in [5.41, 5.74) is 0.620. The molecule has 0 radical (unpaired) electrons. The average Bonchev–Trinajstić information content (AvgIpc) is 2.48. The fourth-order valence-electron chi connectivity index (χ4n) is 1.71. The summed E-state index contributed by atoms with van der Waals surface area (Å²) in [5.74, 6) is -2.72. The van der Waals surface area contributed by atoms with Crippen LogP contribution in [0.2, 0.25) is 0 Å². The van der Waals surface area contributed by atoms with Gasteiger partial charge in [0.2, 0.25) is 0 Å². The molecule has 0 aromatic heterocycles. The molecule has 116 valence electrons. The summed E-state index contributed by atoms with van der Waals surface area (Å²) >= 11 is 0. The summed E-state index contributed by atoms with van der Waals surface area (Å²) in [6.07, 6.45) is 0. The van der Waals surface area contributed by atoms with E-state index in [0.29, 0.717) is 5.56 Å². The molecule has 0 atom stereocenters. The smallest absolute Gasteiger partial charge is 0.387 e. The van der Waals surface area contributed by atoms with Crippen molar-refractivity contribution in [2.24, 2.45) is 0 Å². The topological polar surface area (TPSA) is 38.3 Å². The summed E-state index contributed by atoms with van der Waals surface area (Å²) in [5, 5.41) is 2.51. The Morgan fingerprint density at radius 1 is 1.05 bits per heavy atom. The second-order valence-corrected chi connectivity index (χ2v) is 4.33. The zero-order valence-electron chi connectivity index (χ0n) is 11.2. The minimum atomic E-state index is -2.90. The first kappa shape index (κ1) is 15.8. The Labute approximate surface area is 123 Å². The lowest BCUT2D eigenvalue weighted by molar-refractivity contribution is -0.0498. The summed E-state index contributed by atoms with van der Waals surface area (Å²) in [6.45, 7) is -2.80. The van der Waals surface area contributed by atoms with Gasteiger partial charge in [-0.05, 0) is 35.9 Å². The highest BCUT2D eigenvalue weighted by atomic mass is 19.3. The molecule has 0 bridgehead atoms. The van der Waals surface area contributed by atoms with E-state index in [0.717, 1.165) is 18.2 Å². The van der Waals surface area contributed by atoms with E-state index in [2.05, 4.69) is 10.1 Å². The summed E-state index contributed by atoms with van der Waals surface area (Å²) in [4.78, 5) is 11.8. The van der Waals surface area contributed by atoms with E-state index in [-0.39, 0.29) is 17.9 Å². The van der Waals surface area contributed by atoms with Gasteiger partial charge in [0.15, 0.2) is 11.6 Å². The van der Waals surface area contributed by atoms with Crippen molar-refractivity contribution < 1.29 is 27.1 Å². The number of carbonyl (C=O) groups is 1. The number of benzene rings is 2. The maximum absolute atomic E-state index is 13.0. The van der Waals surface area contributed by atoms with Crippen LogP contribution >= 0.6 is 0 Å². The van der Waals surface area contributed by atoms with Crippen LogP contribution in [0.4, 0.5) is 17.6 Å². The van der Waals surface area contributed by atoms with Gasteiger partial charge in [0.1, 0.15) is 5.75 Å². The van der Waals surface area contributed by atoms with Crippen molar-refractivity contribution in [1.29, 1.82) is 0 Å². The number of nitrogens with one attached hydrogen (secondary N) is 1. The summed E-state index contributed by atoms with van der Waals surface area (Å²) < 4.78 is 54.0. The van der Waals surface area contributed by atoms with Crippen LogP contribution < -0.4 is 10.1 Å². The number of carbonyl (C=O) groups excluding carboxylic acids is 1. The van der Waals surface area contributed by atoms with Crippen LogP contribution in [0.5, 0.6) is 5.75 Å². The van der Waals surface area contributed by atoms with Crippen LogP contribution in [0.1, 0.15) is 15.9 Å². The molecule has 0 aliphatic carbocycles. The zero-order valence-corrected chi connectivity index (χ0v) is 11.2. The normalized spacial score (nSPS) is 10.6. The number of hydrogen-bond donors (Lipinski definition) is 1. The molecule has 0 saturated carbocycles. The molecule has 0 heterocycles. The van der Waals surface area contributed by atoms with E-state index in [1.807, 2.05) is 0 Å². The number of ether oxygens (including phenoxy) is 1. The van der Waals surface area contributed by atoms with Gasteiger partial charge in [-0.2, -0.15) is 8.78 Å². The molecular formula is C15H11F4NO2. The zero-order chi connectivity index (χ0) is 16.1. The molecule has 0 spiro atoms. The van der Waals surface area contributed by atoms with Gasteiger partial charge in [-0.15, -0.1) is 0 Å². The predicted octanol–water partition coefficient (Wildman–Crippen LogP) is 3.50. The molecule has 1 N–H and O–H groups in total. The minimum absolute atomic E-state index is 0.00526. The van der Waals surface area contributed by atoms with Gasteiger partial charge in [-0.3, -0.25) is 4.79 Å². The Morgan fingerprint density at radius 2 is 1.73 bits per heavy atom. The van der Waals surface area contributed by atoms with Crippen LogP contribution in [0.25, 0.3) is 0 Å². The van der Waals surface area contributed by atoms with Crippen LogP contribution in [0, 0.1) is 11.6 Å². The van der Waals surface area contributed by atoms with Crippen molar-refractivity contribution in [2.45, 2.75) is 13.2 Å². The number of hydrogen-bond acceptors (Lipinski definition) is 2. The van der Waals surface area contributed by atoms with Gasteiger partial charge < -0.3 is 10.1 Å². The molecule has 0 fully saturated rings. The fraction of sp³-hybridized carbons (Fsp3) is 0.133. The third-order valence-electron chi connectivity index (χ3n) is 2.78. The van der Waals surface area contributed by atoms with E-state index < -0.39 is 24.2 Å². The highest BCUT2D eigenvalue weighted by molar-refractivity contribution is 5.94. The minimum Gasteiger partial charge on any atom is -0.435 e. The third-order valence-corrected chi connectivity index (χ3v) is 2.78. The lowest BCUT2D eigenvalue weighted by atomic mass is 10.2. The Hall–Kier alpha value is -2.57. The Kier molecular flexibility index (Phi) is 4.98. The maximum Gasteiger partial charge on any atom is 0.387 e. The SMILES string of the molecule is O=C(NCc1ccc(OC(F)F)cc1)c1ccc(F)c(F)c1. The monoisotopic (exact) mass is 313 g/mol. The van der Waals surface area contributed by atoms with Crippen molar-refractivity contribution in [3.63, 3.8) is 0 Å². The summed E-state index contributed by atoms with van der Waals surface area (Å²) in [7, 11) is 0. The number of halogens is 4. The van der Waals surface area contributed by atoms with E-state index in [1.165, 1.54) is 24.3 Å². The molecule has 22 heavy (non-hydrogen) atoms. The van der Waals surface area contributed by atoms with E-state index in [9.17, 15) is 22.4 Å². The molecule has 3 nitrogen and oxygen atoms in total. The summed E-state index contributed by atoms with van der Waals surface area (Å²) in [6, 6.07) is 8.50. The molecule has 7 heteroatoms. The largest absolute Gasteiger partial charge is 0.435 e. The van der Waals surface area contributed by atoms with Gasteiger partial charge in [0.25, 0.3) is 5.91 Å². The second kappa shape index (κ2) is 6.93. The maximum atomic E-state index is 13.0. The molecule has 1 amide bonds. The lowest BCUT2D eigenvalue weighted by Gasteiger charge is -2.07. The van der Waals surface area contributed by atoms with Gasteiger partial charge >= 0.3 is 6.61 Å². The molecular weight excluding hydrogens is 302 g/mol. The second-order valence-electron chi connectivity index (χ2n) is 4.33. The number of amides is 1. The van der Waals surface area contributed by atoms with E-state index >= 15 is 0 Å². The highest BCUT2D eigenvalue weighted by Gasteiger charge is 2.09. The molecule has 0 aliphatic rings. The van der Waals surface area contributed by atoms with E-state index in [4.69, 9.17) is 0 Å². The van der Waals surface area contributed by atoms with Crippen molar-refractivity contribution in [3.8, 4) is 5.75 Å². The number of alkyl halides is 2. The van der Waals surface area contributed by atoms with E-state index in [1.54, 1.807) is 0 Å². The van der Waals surface area contributed by atoms with Crippen LogP contribution in [-0.2, 0) is 6.54 Å². The predicted molar refractivity (Wildman–Crippen MR) is 70.6 cm³/mol.